The SMILES string of the molecule is CCC(=O)N(Cc1cccc(OC)c1)[C@@H](CC)C(=O)N[C@@H](C)CC. The van der Waals surface area contributed by atoms with E-state index in [1.807, 2.05) is 52.0 Å². The van der Waals surface area contributed by atoms with Gasteiger partial charge in [-0.3, -0.25) is 9.59 Å². The van der Waals surface area contributed by atoms with Crippen molar-refractivity contribution in [2.45, 2.75) is 65.6 Å². The number of hydrogen-bond donors (Lipinski definition) is 1. The number of benzene rings is 1. The van der Waals surface area contributed by atoms with Crippen molar-refractivity contribution < 1.29 is 14.3 Å². The van der Waals surface area contributed by atoms with E-state index in [0.29, 0.717) is 19.4 Å². The van der Waals surface area contributed by atoms with Gasteiger partial charge in [-0.2, -0.15) is 0 Å². The molecule has 0 fully saturated rings. The standard InChI is InChI=1S/C19H30N2O3/c1-6-14(4)20-19(23)17(7-2)21(18(22)8-3)13-15-10-9-11-16(12-15)24-5/h9-12,14,17H,6-8,13H2,1-5H3,(H,20,23)/t14-,17-/m0/s1. The first-order valence-corrected chi connectivity index (χ1v) is 8.69. The van der Waals surface area contributed by atoms with Gasteiger partial charge >= 0.3 is 0 Å². The average molecular weight is 334 g/mol. The van der Waals surface area contributed by atoms with Gasteiger partial charge in [-0.05, 0) is 37.5 Å². The molecule has 2 amide bonds. The Morgan fingerprint density at radius 3 is 2.46 bits per heavy atom. The molecule has 0 heterocycles. The van der Waals surface area contributed by atoms with Crippen molar-refractivity contribution in [3.63, 3.8) is 0 Å². The highest BCUT2D eigenvalue weighted by molar-refractivity contribution is 5.87. The third kappa shape index (κ3) is 5.55. The van der Waals surface area contributed by atoms with Crippen molar-refractivity contribution in [1.29, 1.82) is 0 Å². The van der Waals surface area contributed by atoms with Gasteiger partial charge in [-0.15, -0.1) is 0 Å². The van der Waals surface area contributed by atoms with E-state index in [9.17, 15) is 9.59 Å². The molecule has 0 aromatic heterocycles. The second kappa shape index (κ2) is 9.96. The minimum absolute atomic E-state index is 0.0241. The number of nitrogens with one attached hydrogen (secondary N) is 1. The number of nitrogens with zero attached hydrogens (tertiary/aromatic N) is 1. The normalized spacial score (nSPS) is 13.0. The number of rotatable bonds is 9. The average Bonchev–Trinajstić information content (AvgIpc) is 2.60. The molecule has 0 saturated carbocycles. The smallest absolute Gasteiger partial charge is 0.243 e. The van der Waals surface area contributed by atoms with Crippen LogP contribution in [0.1, 0.15) is 52.5 Å². The summed E-state index contributed by atoms with van der Waals surface area (Å²) in [5.41, 5.74) is 0.950. The maximum Gasteiger partial charge on any atom is 0.243 e. The molecule has 0 spiro atoms. The van der Waals surface area contributed by atoms with E-state index in [2.05, 4.69) is 5.32 Å². The summed E-state index contributed by atoms with van der Waals surface area (Å²) in [5.74, 6) is 0.633. The Kier molecular flexibility index (Phi) is 8.30. The predicted molar refractivity (Wildman–Crippen MR) is 95.8 cm³/mol. The molecule has 1 N–H and O–H groups in total. The lowest BCUT2D eigenvalue weighted by atomic mass is 10.1. The van der Waals surface area contributed by atoms with Crippen LogP contribution in [0.25, 0.3) is 0 Å². The topological polar surface area (TPSA) is 58.6 Å². The van der Waals surface area contributed by atoms with Crippen molar-refractivity contribution in [2.75, 3.05) is 7.11 Å². The van der Waals surface area contributed by atoms with E-state index >= 15 is 0 Å². The maximum atomic E-state index is 12.6. The molecule has 0 aliphatic rings. The highest BCUT2D eigenvalue weighted by Crippen LogP contribution is 2.18. The number of hydrogen-bond acceptors (Lipinski definition) is 3. The van der Waals surface area contributed by atoms with E-state index < -0.39 is 6.04 Å². The van der Waals surface area contributed by atoms with Crippen LogP contribution in [0.4, 0.5) is 0 Å². The lowest BCUT2D eigenvalue weighted by Crippen LogP contribution is -2.50. The summed E-state index contributed by atoms with van der Waals surface area (Å²) in [7, 11) is 1.61. The van der Waals surface area contributed by atoms with Crippen LogP contribution in [0, 0.1) is 0 Å². The van der Waals surface area contributed by atoms with Gasteiger partial charge in [0.15, 0.2) is 0 Å². The molecular weight excluding hydrogens is 304 g/mol. The third-order valence-corrected chi connectivity index (χ3v) is 4.18. The Balaban J connectivity index is 3.00. The van der Waals surface area contributed by atoms with E-state index in [1.54, 1.807) is 12.0 Å². The molecule has 1 rings (SSSR count). The molecule has 0 radical (unpaired) electrons. The molecule has 0 aliphatic heterocycles. The molecule has 5 nitrogen and oxygen atoms in total. The molecule has 0 saturated heterocycles. The Morgan fingerprint density at radius 1 is 1.21 bits per heavy atom. The maximum absolute atomic E-state index is 12.6. The van der Waals surface area contributed by atoms with Gasteiger partial charge in [0.2, 0.25) is 11.8 Å². The Bertz CT molecular complexity index is 545. The Labute approximate surface area is 145 Å². The van der Waals surface area contributed by atoms with Crippen LogP contribution in [0.2, 0.25) is 0 Å². The van der Waals surface area contributed by atoms with Crippen molar-refractivity contribution in [3.05, 3.63) is 29.8 Å². The first kappa shape index (κ1) is 20.0. The van der Waals surface area contributed by atoms with Gasteiger partial charge in [-0.1, -0.05) is 32.9 Å². The van der Waals surface area contributed by atoms with E-state index in [4.69, 9.17) is 4.74 Å². The molecule has 0 unspecified atom stereocenters. The molecule has 24 heavy (non-hydrogen) atoms. The summed E-state index contributed by atoms with van der Waals surface area (Å²) in [6, 6.07) is 7.23. The number of ether oxygens (including phenoxy) is 1. The number of carbonyl (C=O) groups excluding carboxylic acids is 2. The fourth-order valence-electron chi connectivity index (χ4n) is 2.53. The van der Waals surface area contributed by atoms with Crippen LogP contribution in [0.5, 0.6) is 5.75 Å². The van der Waals surface area contributed by atoms with Crippen LogP contribution in [0.3, 0.4) is 0 Å². The molecule has 2 atom stereocenters. The highest BCUT2D eigenvalue weighted by atomic mass is 16.5. The molecule has 5 heteroatoms. The van der Waals surface area contributed by atoms with E-state index in [1.165, 1.54) is 0 Å². The largest absolute Gasteiger partial charge is 0.497 e. The number of carbonyl (C=O) groups is 2. The van der Waals surface area contributed by atoms with Gasteiger partial charge < -0.3 is 15.0 Å². The predicted octanol–water partition coefficient (Wildman–Crippen LogP) is 3.13. The van der Waals surface area contributed by atoms with Crippen molar-refractivity contribution in [1.82, 2.24) is 10.2 Å². The van der Waals surface area contributed by atoms with E-state index in [-0.39, 0.29) is 17.9 Å². The monoisotopic (exact) mass is 334 g/mol. The molecule has 1 aromatic rings. The van der Waals surface area contributed by atoms with Gasteiger partial charge in [0.1, 0.15) is 11.8 Å². The summed E-state index contributed by atoms with van der Waals surface area (Å²) >= 11 is 0. The van der Waals surface area contributed by atoms with Gasteiger partial charge in [-0.25, -0.2) is 0 Å². The van der Waals surface area contributed by atoms with Crippen molar-refractivity contribution in [3.8, 4) is 5.75 Å². The first-order chi connectivity index (χ1) is 11.5. The molecule has 0 bridgehead atoms. The van der Waals surface area contributed by atoms with Gasteiger partial charge in [0, 0.05) is 19.0 Å². The fraction of sp³-hybridized carbons (Fsp3) is 0.579. The lowest BCUT2D eigenvalue weighted by molar-refractivity contribution is -0.141. The lowest BCUT2D eigenvalue weighted by Gasteiger charge is -2.31. The fourth-order valence-corrected chi connectivity index (χ4v) is 2.53. The second-order valence-corrected chi connectivity index (χ2v) is 5.97. The zero-order valence-electron chi connectivity index (χ0n) is 15.5. The third-order valence-electron chi connectivity index (χ3n) is 4.18. The summed E-state index contributed by atoms with van der Waals surface area (Å²) in [6.07, 6.45) is 1.81. The van der Waals surface area contributed by atoms with Crippen molar-refractivity contribution in [2.24, 2.45) is 0 Å². The molecular formula is C19H30N2O3. The zero-order chi connectivity index (χ0) is 18.1. The van der Waals surface area contributed by atoms with E-state index in [0.717, 1.165) is 17.7 Å². The summed E-state index contributed by atoms with van der Waals surface area (Å²) in [5, 5.41) is 2.99. The van der Waals surface area contributed by atoms with Gasteiger partial charge in [0.25, 0.3) is 0 Å². The molecule has 0 aliphatic carbocycles. The molecule has 134 valence electrons. The highest BCUT2D eigenvalue weighted by Gasteiger charge is 2.28. The number of methoxy groups -OCH3 is 1. The van der Waals surface area contributed by atoms with Crippen LogP contribution in [-0.4, -0.2) is 35.9 Å². The Morgan fingerprint density at radius 2 is 1.92 bits per heavy atom. The molecule has 1 aromatic carbocycles. The minimum Gasteiger partial charge on any atom is -0.497 e. The van der Waals surface area contributed by atoms with Crippen LogP contribution in [-0.2, 0) is 16.1 Å². The zero-order valence-corrected chi connectivity index (χ0v) is 15.5. The first-order valence-electron chi connectivity index (χ1n) is 8.69. The minimum atomic E-state index is -0.461. The summed E-state index contributed by atoms with van der Waals surface area (Å²) < 4.78 is 5.24. The summed E-state index contributed by atoms with van der Waals surface area (Å²) in [4.78, 5) is 26.7. The second-order valence-electron chi connectivity index (χ2n) is 5.97. The quantitative estimate of drug-likeness (QED) is 0.755. The number of amides is 2. The van der Waals surface area contributed by atoms with Crippen LogP contribution in [0.15, 0.2) is 24.3 Å². The van der Waals surface area contributed by atoms with Gasteiger partial charge in [0.05, 0.1) is 7.11 Å². The van der Waals surface area contributed by atoms with Crippen molar-refractivity contribution >= 4 is 11.8 Å². The summed E-state index contributed by atoms with van der Waals surface area (Å²) in [6.45, 7) is 8.15. The van der Waals surface area contributed by atoms with Crippen LogP contribution >= 0.6 is 0 Å². The Hall–Kier alpha value is -2.04. The van der Waals surface area contributed by atoms with Crippen LogP contribution < -0.4 is 10.1 Å².